The normalized spacial score (nSPS) is 20.6. The molecule has 1 saturated carbocycles. The highest BCUT2D eigenvalue weighted by molar-refractivity contribution is 5.84. The lowest BCUT2D eigenvalue weighted by Gasteiger charge is -2.21. The monoisotopic (exact) mass is 414 g/mol. The molecule has 160 valence electrons. The minimum atomic E-state index is -0.0677. The average Bonchev–Trinajstić information content (AvgIpc) is 3.49. The highest BCUT2D eigenvalue weighted by Gasteiger charge is 2.55. The largest absolute Gasteiger partial charge is 0.508 e. The summed E-state index contributed by atoms with van der Waals surface area (Å²) in [5, 5.41) is 16.6. The maximum Gasteiger partial charge on any atom is 0.224 e. The Hall–Kier alpha value is -3.27. The Morgan fingerprint density at radius 1 is 1.06 bits per heavy atom. The number of para-hydroxylation sites is 1. The summed E-state index contributed by atoms with van der Waals surface area (Å²) in [5.41, 5.74) is 4.17. The van der Waals surface area contributed by atoms with Gasteiger partial charge in [-0.05, 0) is 54.7 Å². The van der Waals surface area contributed by atoms with Crippen LogP contribution < -0.4 is 10.6 Å². The predicted molar refractivity (Wildman–Crippen MR) is 125 cm³/mol. The number of carbonyl (C=O) groups is 1. The van der Waals surface area contributed by atoms with E-state index < -0.39 is 0 Å². The van der Waals surface area contributed by atoms with Crippen LogP contribution in [-0.4, -0.2) is 23.6 Å². The van der Waals surface area contributed by atoms with Gasteiger partial charge in [0.05, 0.1) is 0 Å². The Morgan fingerprint density at radius 3 is 2.42 bits per heavy atom. The minimum absolute atomic E-state index is 0.0168. The van der Waals surface area contributed by atoms with Gasteiger partial charge in [-0.2, -0.15) is 0 Å². The Morgan fingerprint density at radius 2 is 1.74 bits per heavy atom. The first-order valence-electron chi connectivity index (χ1n) is 10.9. The lowest BCUT2D eigenvalue weighted by molar-refractivity contribution is -0.122. The number of hydrogen-bond acceptors (Lipinski definition) is 3. The van der Waals surface area contributed by atoms with E-state index in [-0.39, 0.29) is 23.3 Å². The van der Waals surface area contributed by atoms with Gasteiger partial charge in [-0.3, -0.25) is 4.79 Å². The van der Waals surface area contributed by atoms with E-state index in [9.17, 15) is 9.90 Å². The number of aryl methyl sites for hydroxylation is 1. The molecule has 1 aliphatic rings. The van der Waals surface area contributed by atoms with Gasteiger partial charge >= 0.3 is 0 Å². The molecule has 1 aliphatic carbocycles. The van der Waals surface area contributed by atoms with Crippen LogP contribution in [0.4, 0.5) is 5.69 Å². The molecule has 3 aromatic rings. The highest BCUT2D eigenvalue weighted by Crippen LogP contribution is 2.53. The zero-order valence-corrected chi connectivity index (χ0v) is 18.1. The number of nitrogens with one attached hydrogen (secondary N) is 2. The molecule has 0 aromatic heterocycles. The molecule has 0 aliphatic heterocycles. The molecule has 3 N–H and O–H groups in total. The first kappa shape index (κ1) is 21.0. The molecule has 0 spiro atoms. The summed E-state index contributed by atoms with van der Waals surface area (Å²) in [4.78, 5) is 12.9. The summed E-state index contributed by atoms with van der Waals surface area (Å²) >= 11 is 0. The number of phenolic OH excluding ortho intramolecular Hbond substituents is 1. The van der Waals surface area contributed by atoms with Crippen molar-refractivity contribution in [3.05, 3.63) is 95.6 Å². The van der Waals surface area contributed by atoms with Crippen LogP contribution in [0.25, 0.3) is 0 Å². The molecule has 0 heterocycles. The number of aromatic hydroxyl groups is 1. The molecule has 3 atom stereocenters. The number of anilines is 1. The second kappa shape index (κ2) is 8.84. The van der Waals surface area contributed by atoms with Crippen LogP contribution in [0.3, 0.4) is 0 Å². The lowest BCUT2D eigenvalue weighted by Crippen LogP contribution is -2.39. The number of amides is 1. The molecule has 4 heteroatoms. The summed E-state index contributed by atoms with van der Waals surface area (Å²) in [6, 6.07) is 26.1. The fourth-order valence-corrected chi connectivity index (χ4v) is 4.31. The molecular weight excluding hydrogens is 384 g/mol. The van der Waals surface area contributed by atoms with E-state index in [1.54, 1.807) is 6.07 Å². The number of hydrogen-bond donors (Lipinski definition) is 3. The number of carbonyl (C=O) groups excluding carboxylic acids is 1. The summed E-state index contributed by atoms with van der Waals surface area (Å²) in [7, 11) is 0. The summed E-state index contributed by atoms with van der Waals surface area (Å²) in [5.74, 6) is 0.440. The lowest BCUT2D eigenvalue weighted by atomic mass is 9.95. The minimum Gasteiger partial charge on any atom is -0.508 e. The van der Waals surface area contributed by atoms with E-state index in [1.165, 1.54) is 5.56 Å². The van der Waals surface area contributed by atoms with Crippen LogP contribution in [-0.2, 0) is 16.6 Å². The molecule has 4 nitrogen and oxygen atoms in total. The Balaban J connectivity index is 1.42. The molecule has 3 aromatic carbocycles. The fourth-order valence-electron chi connectivity index (χ4n) is 4.31. The van der Waals surface area contributed by atoms with Crippen molar-refractivity contribution in [3.8, 4) is 5.75 Å². The van der Waals surface area contributed by atoms with Crippen molar-refractivity contribution in [2.24, 2.45) is 5.92 Å². The second-order valence-corrected chi connectivity index (χ2v) is 8.82. The van der Waals surface area contributed by atoms with Gasteiger partial charge in [-0.15, -0.1) is 0 Å². The van der Waals surface area contributed by atoms with Crippen LogP contribution in [0.15, 0.2) is 78.9 Å². The van der Waals surface area contributed by atoms with Crippen molar-refractivity contribution in [1.82, 2.24) is 5.32 Å². The Kier molecular flexibility index (Phi) is 5.99. The predicted octanol–water partition coefficient (Wildman–Crippen LogP) is 4.82. The number of benzene rings is 3. The van der Waals surface area contributed by atoms with E-state index in [1.807, 2.05) is 67.6 Å². The average molecular weight is 415 g/mol. The standard InChI is InChI=1S/C27H30N2O2/c1-19-15-20(13-14-25(19)30)16-23(29-22-11-7-4-8-12-22)18-28-26(31)24-17-27(24,2)21-9-5-3-6-10-21/h3-15,23-24,29-30H,16-18H2,1-2H3,(H,28,31)/t23-,24-,27+/m0/s1. The van der Waals surface area contributed by atoms with Crippen LogP contribution in [0.1, 0.15) is 30.0 Å². The van der Waals surface area contributed by atoms with E-state index in [0.29, 0.717) is 12.3 Å². The van der Waals surface area contributed by atoms with Crippen molar-refractivity contribution in [1.29, 1.82) is 0 Å². The van der Waals surface area contributed by atoms with E-state index in [0.717, 1.165) is 29.7 Å². The number of phenols is 1. The quantitative estimate of drug-likeness (QED) is 0.495. The molecule has 0 saturated heterocycles. The van der Waals surface area contributed by atoms with E-state index >= 15 is 0 Å². The second-order valence-electron chi connectivity index (χ2n) is 8.82. The molecule has 4 rings (SSSR count). The third-order valence-electron chi connectivity index (χ3n) is 6.40. The van der Waals surface area contributed by atoms with Crippen molar-refractivity contribution in [3.63, 3.8) is 0 Å². The van der Waals surface area contributed by atoms with Crippen LogP contribution in [0, 0.1) is 12.8 Å². The van der Waals surface area contributed by atoms with Gasteiger partial charge in [0.25, 0.3) is 0 Å². The van der Waals surface area contributed by atoms with E-state index in [2.05, 4.69) is 29.7 Å². The van der Waals surface area contributed by atoms with Crippen LogP contribution in [0.2, 0.25) is 0 Å². The molecule has 31 heavy (non-hydrogen) atoms. The topological polar surface area (TPSA) is 61.4 Å². The molecule has 0 unspecified atom stereocenters. The smallest absolute Gasteiger partial charge is 0.224 e. The molecule has 0 bridgehead atoms. The molecular formula is C27H30N2O2. The van der Waals surface area contributed by atoms with Gasteiger partial charge in [-0.1, -0.05) is 67.6 Å². The molecule has 0 radical (unpaired) electrons. The van der Waals surface area contributed by atoms with Crippen LogP contribution in [0.5, 0.6) is 5.75 Å². The zero-order chi connectivity index (χ0) is 21.8. The Bertz CT molecular complexity index is 1040. The van der Waals surface area contributed by atoms with Crippen LogP contribution >= 0.6 is 0 Å². The van der Waals surface area contributed by atoms with Gasteiger partial charge in [0.1, 0.15) is 5.75 Å². The van der Waals surface area contributed by atoms with Gasteiger partial charge in [0.15, 0.2) is 0 Å². The van der Waals surface area contributed by atoms with Gasteiger partial charge in [0, 0.05) is 29.6 Å². The maximum atomic E-state index is 12.9. The third-order valence-corrected chi connectivity index (χ3v) is 6.40. The SMILES string of the molecule is Cc1cc(C[C@@H](CNC(=O)[C@@H]2C[C@]2(C)c2ccccc2)Nc2ccccc2)ccc1O. The highest BCUT2D eigenvalue weighted by atomic mass is 16.3. The third kappa shape index (κ3) is 4.91. The summed E-state index contributed by atoms with van der Waals surface area (Å²) in [6.07, 6.45) is 1.63. The van der Waals surface area contributed by atoms with E-state index in [4.69, 9.17) is 0 Å². The first-order valence-corrected chi connectivity index (χ1v) is 10.9. The van der Waals surface area contributed by atoms with Crippen molar-refractivity contribution in [2.45, 2.75) is 38.1 Å². The fraction of sp³-hybridized carbons (Fsp3) is 0.296. The first-order chi connectivity index (χ1) is 15.0. The summed E-state index contributed by atoms with van der Waals surface area (Å²) < 4.78 is 0. The molecule has 1 amide bonds. The summed E-state index contributed by atoms with van der Waals surface area (Å²) in [6.45, 7) is 4.61. The number of rotatable bonds is 8. The maximum absolute atomic E-state index is 12.9. The molecule has 1 fully saturated rings. The zero-order valence-electron chi connectivity index (χ0n) is 18.1. The van der Waals surface area contributed by atoms with Gasteiger partial charge in [0.2, 0.25) is 5.91 Å². The van der Waals surface area contributed by atoms with Gasteiger partial charge < -0.3 is 15.7 Å². The Labute approximate surface area is 184 Å². The van der Waals surface area contributed by atoms with Crippen molar-refractivity contribution in [2.75, 3.05) is 11.9 Å². The van der Waals surface area contributed by atoms with Crippen molar-refractivity contribution >= 4 is 11.6 Å². The van der Waals surface area contributed by atoms with Crippen molar-refractivity contribution < 1.29 is 9.90 Å². The van der Waals surface area contributed by atoms with Gasteiger partial charge in [-0.25, -0.2) is 0 Å².